The van der Waals surface area contributed by atoms with E-state index in [1.807, 2.05) is 19.1 Å². The number of hydrogen-bond donors (Lipinski definition) is 1. The summed E-state index contributed by atoms with van der Waals surface area (Å²) in [4.78, 5) is 4.09. The van der Waals surface area contributed by atoms with Crippen LogP contribution in [0.15, 0.2) is 30.6 Å². The van der Waals surface area contributed by atoms with Crippen molar-refractivity contribution >= 4 is 16.7 Å². The second kappa shape index (κ2) is 6.32. The van der Waals surface area contributed by atoms with Crippen LogP contribution in [-0.2, 0) is 17.9 Å². The van der Waals surface area contributed by atoms with Gasteiger partial charge >= 0.3 is 0 Å². The van der Waals surface area contributed by atoms with E-state index in [9.17, 15) is 0 Å². The molecule has 1 aromatic carbocycles. The number of rotatable bonds is 6. The molecule has 0 radical (unpaired) electrons. The molecule has 1 N–H and O–H groups in total. The minimum Gasteiger partial charge on any atom is -0.377 e. The Labute approximate surface area is 105 Å². The molecule has 0 saturated heterocycles. The van der Waals surface area contributed by atoms with Crippen molar-refractivity contribution < 1.29 is 4.74 Å². The summed E-state index contributed by atoms with van der Waals surface area (Å²) in [6.45, 7) is 4.14. The molecule has 0 fully saturated rings. The van der Waals surface area contributed by atoms with Gasteiger partial charge in [0.05, 0.1) is 6.61 Å². The first-order chi connectivity index (χ1) is 8.40. The Morgan fingerprint density at radius 3 is 2.82 bits per heavy atom. The van der Waals surface area contributed by atoms with Gasteiger partial charge in [0.15, 0.2) is 0 Å². The van der Waals surface area contributed by atoms with Crippen LogP contribution in [0.2, 0.25) is 0 Å². The SMILES string of the molecule is CCOCc1ccccc1CNc1ncns1. The molecule has 2 aromatic rings. The van der Waals surface area contributed by atoms with Crippen molar-refractivity contribution in [3.8, 4) is 0 Å². The Morgan fingerprint density at radius 1 is 1.29 bits per heavy atom. The smallest absolute Gasteiger partial charge is 0.202 e. The van der Waals surface area contributed by atoms with Gasteiger partial charge < -0.3 is 10.1 Å². The molecule has 0 saturated carbocycles. The van der Waals surface area contributed by atoms with Crippen LogP contribution in [0, 0.1) is 0 Å². The molecule has 0 amide bonds. The highest BCUT2D eigenvalue weighted by atomic mass is 32.1. The van der Waals surface area contributed by atoms with Gasteiger partial charge in [-0.15, -0.1) is 0 Å². The normalized spacial score (nSPS) is 10.4. The summed E-state index contributed by atoms with van der Waals surface area (Å²) >= 11 is 1.36. The molecule has 0 aliphatic rings. The second-order valence-corrected chi connectivity index (χ2v) is 4.29. The quantitative estimate of drug-likeness (QED) is 0.855. The lowest BCUT2D eigenvalue weighted by molar-refractivity contribution is 0.133. The fourth-order valence-electron chi connectivity index (χ4n) is 1.50. The van der Waals surface area contributed by atoms with Gasteiger partial charge in [0.2, 0.25) is 5.13 Å². The topological polar surface area (TPSA) is 47.0 Å². The second-order valence-electron chi connectivity index (χ2n) is 3.51. The highest BCUT2D eigenvalue weighted by Crippen LogP contribution is 2.14. The van der Waals surface area contributed by atoms with Crippen LogP contribution in [0.1, 0.15) is 18.1 Å². The van der Waals surface area contributed by atoms with Crippen LogP contribution in [0.3, 0.4) is 0 Å². The molecule has 1 heterocycles. The van der Waals surface area contributed by atoms with Crippen molar-refractivity contribution in [3.05, 3.63) is 41.7 Å². The van der Waals surface area contributed by atoms with Crippen molar-refractivity contribution in [2.75, 3.05) is 11.9 Å². The number of hydrogen-bond acceptors (Lipinski definition) is 5. The van der Waals surface area contributed by atoms with Crippen LogP contribution < -0.4 is 5.32 Å². The zero-order valence-corrected chi connectivity index (χ0v) is 10.5. The Hall–Kier alpha value is -1.46. The molecule has 2 rings (SSSR count). The van der Waals surface area contributed by atoms with E-state index in [0.717, 1.165) is 18.3 Å². The van der Waals surface area contributed by atoms with Gasteiger partial charge in [-0.25, -0.2) is 4.98 Å². The van der Waals surface area contributed by atoms with Crippen molar-refractivity contribution in [3.63, 3.8) is 0 Å². The largest absolute Gasteiger partial charge is 0.377 e. The molecule has 0 spiro atoms. The minimum atomic E-state index is 0.657. The molecule has 0 aliphatic carbocycles. The predicted molar refractivity (Wildman–Crippen MR) is 69.0 cm³/mol. The number of aromatic nitrogens is 2. The predicted octanol–water partition coefficient (Wildman–Crippen LogP) is 2.69. The van der Waals surface area contributed by atoms with Crippen molar-refractivity contribution in [1.82, 2.24) is 9.36 Å². The van der Waals surface area contributed by atoms with Crippen LogP contribution in [0.25, 0.3) is 0 Å². The Balaban J connectivity index is 1.99. The Morgan fingerprint density at radius 2 is 2.12 bits per heavy atom. The average molecular weight is 249 g/mol. The van der Waals surface area contributed by atoms with Gasteiger partial charge in [-0.2, -0.15) is 4.37 Å². The zero-order chi connectivity index (χ0) is 11.9. The third-order valence-electron chi connectivity index (χ3n) is 2.37. The van der Waals surface area contributed by atoms with Gasteiger partial charge in [-0.3, -0.25) is 0 Å². The van der Waals surface area contributed by atoms with E-state index in [0.29, 0.717) is 6.61 Å². The summed E-state index contributed by atoms with van der Waals surface area (Å²) in [6.07, 6.45) is 1.55. The van der Waals surface area contributed by atoms with E-state index in [2.05, 4.69) is 26.8 Å². The minimum absolute atomic E-state index is 0.657. The van der Waals surface area contributed by atoms with Crippen LogP contribution in [0.4, 0.5) is 5.13 Å². The average Bonchev–Trinajstić information content (AvgIpc) is 2.88. The van der Waals surface area contributed by atoms with Crippen molar-refractivity contribution in [1.29, 1.82) is 0 Å². The fraction of sp³-hybridized carbons (Fsp3) is 0.333. The molecule has 0 aliphatic heterocycles. The van der Waals surface area contributed by atoms with Crippen LogP contribution in [-0.4, -0.2) is 16.0 Å². The highest BCUT2D eigenvalue weighted by Gasteiger charge is 2.02. The van der Waals surface area contributed by atoms with E-state index >= 15 is 0 Å². The van der Waals surface area contributed by atoms with E-state index in [-0.39, 0.29) is 0 Å². The lowest BCUT2D eigenvalue weighted by Crippen LogP contribution is -2.04. The van der Waals surface area contributed by atoms with E-state index in [1.54, 1.807) is 6.33 Å². The maximum atomic E-state index is 5.44. The lowest BCUT2D eigenvalue weighted by Gasteiger charge is -2.09. The summed E-state index contributed by atoms with van der Waals surface area (Å²) in [5.41, 5.74) is 2.45. The molecule has 0 bridgehead atoms. The molecular weight excluding hydrogens is 234 g/mol. The van der Waals surface area contributed by atoms with Gasteiger partial charge in [-0.1, -0.05) is 24.3 Å². The molecule has 0 atom stereocenters. The third kappa shape index (κ3) is 3.51. The molecular formula is C12H15N3OS. The first-order valence-corrected chi connectivity index (χ1v) is 6.32. The summed E-state index contributed by atoms with van der Waals surface area (Å²) in [6, 6.07) is 8.25. The molecule has 0 unspecified atom stereocenters. The van der Waals surface area contributed by atoms with Crippen LogP contribution >= 0.6 is 11.5 Å². The number of anilines is 1. The number of nitrogens with one attached hydrogen (secondary N) is 1. The molecule has 17 heavy (non-hydrogen) atoms. The summed E-state index contributed by atoms with van der Waals surface area (Å²) in [5.74, 6) is 0. The van der Waals surface area contributed by atoms with Crippen LogP contribution in [0.5, 0.6) is 0 Å². The number of nitrogens with zero attached hydrogens (tertiary/aromatic N) is 2. The van der Waals surface area contributed by atoms with Gasteiger partial charge in [0.25, 0.3) is 0 Å². The lowest BCUT2D eigenvalue weighted by atomic mass is 10.1. The number of benzene rings is 1. The summed E-state index contributed by atoms with van der Waals surface area (Å²) < 4.78 is 9.39. The first kappa shape index (κ1) is 12.0. The highest BCUT2D eigenvalue weighted by molar-refractivity contribution is 7.09. The number of ether oxygens (including phenoxy) is 1. The van der Waals surface area contributed by atoms with Gasteiger partial charge in [0.1, 0.15) is 6.33 Å². The van der Waals surface area contributed by atoms with E-state index < -0.39 is 0 Å². The monoisotopic (exact) mass is 249 g/mol. The van der Waals surface area contributed by atoms with E-state index in [1.165, 1.54) is 22.7 Å². The van der Waals surface area contributed by atoms with Gasteiger partial charge in [-0.05, 0) is 18.1 Å². The molecule has 5 heteroatoms. The third-order valence-corrected chi connectivity index (χ3v) is 2.99. The molecule has 1 aromatic heterocycles. The van der Waals surface area contributed by atoms with Gasteiger partial charge in [0, 0.05) is 24.7 Å². The Bertz CT molecular complexity index is 445. The van der Waals surface area contributed by atoms with E-state index in [4.69, 9.17) is 4.74 Å². The Kier molecular flexibility index (Phi) is 4.46. The summed E-state index contributed by atoms with van der Waals surface area (Å²) in [5, 5.41) is 4.09. The standard InChI is InChI=1S/C12H15N3OS/c1-2-16-8-11-6-4-3-5-10(11)7-13-12-14-9-15-17-12/h3-6,9H,2,7-8H2,1H3,(H,13,14,15). The van der Waals surface area contributed by atoms with Crippen molar-refractivity contribution in [2.24, 2.45) is 0 Å². The molecule has 4 nitrogen and oxygen atoms in total. The van der Waals surface area contributed by atoms with Crippen molar-refractivity contribution in [2.45, 2.75) is 20.1 Å². The fourth-order valence-corrected chi connectivity index (χ4v) is 1.93. The maximum absolute atomic E-state index is 5.44. The maximum Gasteiger partial charge on any atom is 0.202 e. The first-order valence-electron chi connectivity index (χ1n) is 5.55. The summed E-state index contributed by atoms with van der Waals surface area (Å²) in [7, 11) is 0. The zero-order valence-electron chi connectivity index (χ0n) is 9.72. The molecule has 90 valence electrons.